The number of anilines is 1. The third-order valence-corrected chi connectivity index (χ3v) is 14.6. The number of hydrogen-bond donors (Lipinski definition) is 2. The second-order valence-corrected chi connectivity index (χ2v) is 18.6. The van der Waals surface area contributed by atoms with Crippen molar-refractivity contribution in [3.05, 3.63) is 45.9 Å². The quantitative estimate of drug-likeness (QED) is 0.302. The highest BCUT2D eigenvalue weighted by atomic mass is 35.5. The maximum absolute atomic E-state index is 12.3. The first-order chi connectivity index (χ1) is 18.4. The molecule has 1 aromatic carbocycles. The lowest BCUT2D eigenvalue weighted by molar-refractivity contribution is 0.120. The first-order valence-corrected chi connectivity index (χ1v) is 17.7. The van der Waals surface area contributed by atoms with Crippen LogP contribution in [0.5, 0.6) is 0 Å². The smallest absolute Gasteiger partial charge is 0.407 e. The van der Waals surface area contributed by atoms with Crippen molar-refractivity contribution in [3.63, 3.8) is 0 Å². The van der Waals surface area contributed by atoms with Crippen LogP contribution in [0.25, 0.3) is 21.3 Å². The van der Waals surface area contributed by atoms with Crippen molar-refractivity contribution in [1.29, 1.82) is 0 Å². The summed E-state index contributed by atoms with van der Waals surface area (Å²) >= 11 is 8.21. The van der Waals surface area contributed by atoms with E-state index < -0.39 is 14.4 Å². The van der Waals surface area contributed by atoms with E-state index in [1.807, 2.05) is 24.4 Å². The Morgan fingerprint density at radius 1 is 1.26 bits per heavy atom. The Hall–Kier alpha value is -2.17. The molecule has 2 aromatic heterocycles. The number of rotatable bonds is 6. The Balaban J connectivity index is 1.51. The molecule has 210 valence electrons. The molecular weight excluding hydrogens is 550 g/mol. The normalized spacial score (nSPS) is 20.1. The van der Waals surface area contributed by atoms with E-state index in [2.05, 4.69) is 49.8 Å². The lowest BCUT2D eigenvalue weighted by Gasteiger charge is -2.38. The van der Waals surface area contributed by atoms with Gasteiger partial charge in [-0.3, -0.25) is 4.98 Å². The van der Waals surface area contributed by atoms with Crippen LogP contribution in [0.4, 0.5) is 10.5 Å². The zero-order chi connectivity index (χ0) is 28.1. The number of benzene rings is 1. The van der Waals surface area contributed by atoms with Crippen molar-refractivity contribution < 1.29 is 19.4 Å². The number of carboxylic acid groups (broad SMARTS) is 1. The number of fused-ring (bicyclic) bond motifs is 2. The van der Waals surface area contributed by atoms with Crippen LogP contribution < -0.4 is 4.90 Å². The van der Waals surface area contributed by atoms with E-state index in [-0.39, 0.29) is 23.7 Å². The molecule has 1 fully saturated rings. The lowest BCUT2D eigenvalue weighted by atomic mass is 9.92. The van der Waals surface area contributed by atoms with Crippen LogP contribution >= 0.6 is 22.9 Å². The predicted octanol–water partition coefficient (Wildman–Crippen LogP) is 7.00. The van der Waals surface area contributed by atoms with Gasteiger partial charge in [-0.15, -0.1) is 11.3 Å². The van der Waals surface area contributed by atoms with E-state index >= 15 is 0 Å². The van der Waals surface area contributed by atoms with Crippen LogP contribution in [0.15, 0.2) is 30.5 Å². The van der Waals surface area contributed by atoms with E-state index in [1.165, 1.54) is 5.56 Å². The number of thiophene rings is 1. The number of halogens is 1. The van der Waals surface area contributed by atoms with E-state index in [4.69, 9.17) is 16.0 Å². The fourth-order valence-corrected chi connectivity index (χ4v) is 7.90. The SMILES string of the molecule is CC(C)(C)[Si](C)(C)OC[C@H]1C[C@H](N2CCCc3cc(Cl)cc(-c4ccnc5cc(CO)sc45)c32)CN1C(=O)O. The molecule has 2 aliphatic rings. The van der Waals surface area contributed by atoms with Crippen LogP contribution in [0.1, 0.15) is 44.1 Å². The molecule has 7 nitrogen and oxygen atoms in total. The van der Waals surface area contributed by atoms with Gasteiger partial charge in [-0.2, -0.15) is 0 Å². The Kier molecular flexibility index (Phi) is 7.76. The van der Waals surface area contributed by atoms with Gasteiger partial charge >= 0.3 is 6.09 Å². The Morgan fingerprint density at radius 2 is 2.03 bits per heavy atom. The maximum Gasteiger partial charge on any atom is 0.407 e. The van der Waals surface area contributed by atoms with Gasteiger partial charge in [0, 0.05) is 52.0 Å². The van der Waals surface area contributed by atoms with Crippen LogP contribution in [0.2, 0.25) is 23.2 Å². The van der Waals surface area contributed by atoms with Crippen molar-refractivity contribution in [2.24, 2.45) is 0 Å². The van der Waals surface area contributed by atoms with Crippen molar-refractivity contribution >= 4 is 53.3 Å². The van der Waals surface area contributed by atoms with Crippen molar-refractivity contribution in [2.75, 3.05) is 24.6 Å². The topological polar surface area (TPSA) is 86.1 Å². The number of carbonyl (C=O) groups is 1. The average Bonchev–Trinajstić information content (AvgIpc) is 3.50. The van der Waals surface area contributed by atoms with Gasteiger partial charge in [0.25, 0.3) is 0 Å². The van der Waals surface area contributed by atoms with E-state index in [0.717, 1.165) is 57.7 Å². The van der Waals surface area contributed by atoms with Gasteiger partial charge in [0.2, 0.25) is 0 Å². The molecule has 2 atom stereocenters. The van der Waals surface area contributed by atoms with Crippen molar-refractivity contribution in [1.82, 2.24) is 9.88 Å². The largest absolute Gasteiger partial charge is 0.465 e. The van der Waals surface area contributed by atoms with Gasteiger partial charge in [0.1, 0.15) is 0 Å². The number of aryl methyl sites for hydroxylation is 1. The van der Waals surface area contributed by atoms with Gasteiger partial charge in [-0.05, 0) is 67.2 Å². The van der Waals surface area contributed by atoms with Crippen LogP contribution in [-0.2, 0) is 17.5 Å². The summed E-state index contributed by atoms with van der Waals surface area (Å²) in [4.78, 5) is 21.7. The zero-order valence-corrected chi connectivity index (χ0v) is 25.9. The van der Waals surface area contributed by atoms with Crippen LogP contribution in [0.3, 0.4) is 0 Å². The fraction of sp³-hybridized carbons (Fsp3) is 0.517. The predicted molar refractivity (Wildman–Crippen MR) is 162 cm³/mol. The number of aliphatic hydroxyl groups excluding tert-OH is 1. The number of pyridine rings is 1. The summed E-state index contributed by atoms with van der Waals surface area (Å²) in [5.74, 6) is 0. The number of amides is 1. The van der Waals surface area contributed by atoms with E-state index in [9.17, 15) is 15.0 Å². The van der Waals surface area contributed by atoms with E-state index in [1.54, 1.807) is 16.2 Å². The first kappa shape index (κ1) is 28.4. The zero-order valence-electron chi connectivity index (χ0n) is 23.3. The molecule has 0 unspecified atom stereocenters. The molecular formula is C29H38ClN3O4SSi. The molecule has 0 saturated carbocycles. The summed E-state index contributed by atoms with van der Waals surface area (Å²) in [7, 11) is -2.01. The average molecular weight is 588 g/mol. The van der Waals surface area contributed by atoms with Gasteiger partial charge in [0.15, 0.2) is 8.32 Å². The Labute approximate surface area is 240 Å². The fourth-order valence-electron chi connectivity index (χ4n) is 5.62. The highest BCUT2D eigenvalue weighted by molar-refractivity contribution is 7.19. The molecule has 39 heavy (non-hydrogen) atoms. The van der Waals surface area contributed by atoms with Crippen LogP contribution in [0, 0.1) is 0 Å². The second-order valence-electron chi connectivity index (χ2n) is 12.3. The summed E-state index contributed by atoms with van der Waals surface area (Å²) in [6, 6.07) is 7.90. The second kappa shape index (κ2) is 10.7. The van der Waals surface area contributed by atoms with Crippen molar-refractivity contribution in [3.8, 4) is 11.1 Å². The Bertz CT molecular complexity index is 1390. The van der Waals surface area contributed by atoms with Crippen molar-refractivity contribution in [2.45, 2.75) is 76.9 Å². The summed E-state index contributed by atoms with van der Waals surface area (Å²) in [5, 5.41) is 20.6. The molecule has 10 heteroatoms. The molecule has 0 aliphatic carbocycles. The highest BCUT2D eigenvalue weighted by Crippen LogP contribution is 2.45. The maximum atomic E-state index is 12.3. The summed E-state index contributed by atoms with van der Waals surface area (Å²) in [6.45, 7) is 12.7. The number of likely N-dealkylation sites (tertiary alicyclic amines) is 1. The molecule has 1 saturated heterocycles. The molecule has 0 bridgehead atoms. The minimum Gasteiger partial charge on any atom is -0.465 e. The van der Waals surface area contributed by atoms with Gasteiger partial charge in [-0.25, -0.2) is 4.79 Å². The van der Waals surface area contributed by atoms with Gasteiger partial charge in [0.05, 0.1) is 29.5 Å². The molecule has 5 rings (SSSR count). The standard InChI is InChI=1S/C29H38ClN3O4SSi/c1-29(2,3)39(4,5)37-17-21-13-20(15-33(21)28(35)36)32-10-6-7-18-11-19(30)12-24(26(18)32)23-8-9-31-25-14-22(16-34)38-27(23)25/h8-9,11-12,14,20-21,34H,6-7,10,13,15-17H2,1-5H3,(H,35,36)/t20-,21+/m0/s1. The number of aromatic nitrogens is 1. The van der Waals surface area contributed by atoms with Gasteiger partial charge < -0.3 is 24.4 Å². The monoisotopic (exact) mass is 587 g/mol. The van der Waals surface area contributed by atoms with E-state index in [0.29, 0.717) is 18.2 Å². The minimum absolute atomic E-state index is 0.0221. The molecule has 0 spiro atoms. The molecule has 2 aliphatic heterocycles. The third kappa shape index (κ3) is 5.44. The Morgan fingerprint density at radius 3 is 2.72 bits per heavy atom. The molecule has 3 aromatic rings. The number of hydrogen-bond acceptors (Lipinski definition) is 6. The summed E-state index contributed by atoms with van der Waals surface area (Å²) < 4.78 is 7.53. The van der Waals surface area contributed by atoms with Gasteiger partial charge in [-0.1, -0.05) is 32.4 Å². The number of aliphatic hydroxyl groups is 1. The highest BCUT2D eigenvalue weighted by Gasteiger charge is 2.43. The summed E-state index contributed by atoms with van der Waals surface area (Å²) in [5.41, 5.74) is 5.27. The molecule has 4 heterocycles. The molecule has 0 radical (unpaired) electrons. The first-order valence-electron chi connectivity index (χ1n) is 13.6. The third-order valence-electron chi connectivity index (χ3n) is 8.72. The summed E-state index contributed by atoms with van der Waals surface area (Å²) in [6.07, 6.45) is 3.55. The minimum atomic E-state index is -2.01. The number of nitrogens with zero attached hydrogens (tertiary/aromatic N) is 3. The molecule has 2 N–H and O–H groups in total. The molecule has 1 amide bonds. The lowest BCUT2D eigenvalue weighted by Crippen LogP contribution is -2.45. The van der Waals surface area contributed by atoms with Crippen LogP contribution in [-0.4, -0.2) is 66.3 Å².